The van der Waals surface area contributed by atoms with Crippen LogP contribution in [0.2, 0.25) is 0 Å². The Kier molecular flexibility index (Phi) is 5.89. The summed E-state index contributed by atoms with van der Waals surface area (Å²) in [5, 5.41) is 0. The number of nitrogens with one attached hydrogen (secondary N) is 1. The number of rotatable bonds is 5. The summed E-state index contributed by atoms with van der Waals surface area (Å²) in [7, 11) is 0. The van der Waals surface area contributed by atoms with Crippen molar-refractivity contribution in [2.75, 3.05) is 6.61 Å². The van der Waals surface area contributed by atoms with Crippen LogP contribution in [0.5, 0.6) is 0 Å². The number of hydrogen-bond acceptors (Lipinski definition) is 3. The molecule has 3 N–H and O–H groups in total. The van der Waals surface area contributed by atoms with Crippen LogP contribution in [0.15, 0.2) is 16.6 Å². The molecule has 20 heavy (non-hydrogen) atoms. The molecule has 3 nitrogen and oxygen atoms in total. The first-order chi connectivity index (χ1) is 9.63. The smallest absolute Gasteiger partial charge is 0.145 e. The van der Waals surface area contributed by atoms with Crippen molar-refractivity contribution in [3.05, 3.63) is 33.8 Å². The summed E-state index contributed by atoms with van der Waals surface area (Å²) < 4.78 is 33.8. The largest absolute Gasteiger partial charge is 0.378 e. The second kappa shape index (κ2) is 7.45. The standard InChI is InChI=1S/C14H19BrF2N2O/c15-10-5-6-11(16)13(14(10)17)12(19-18)7-4-9-3-1-2-8-20-9/h5-6,9,12,19H,1-4,7-8,18H2. The lowest BCUT2D eigenvalue weighted by Gasteiger charge is -2.25. The topological polar surface area (TPSA) is 47.3 Å². The average Bonchev–Trinajstić information content (AvgIpc) is 2.47. The van der Waals surface area contributed by atoms with E-state index >= 15 is 0 Å². The number of hydrazine groups is 1. The molecule has 0 aromatic heterocycles. The zero-order chi connectivity index (χ0) is 14.5. The first kappa shape index (κ1) is 15.8. The highest BCUT2D eigenvalue weighted by atomic mass is 79.9. The van der Waals surface area contributed by atoms with Crippen LogP contribution in [-0.2, 0) is 4.74 Å². The third kappa shape index (κ3) is 3.75. The predicted molar refractivity (Wildman–Crippen MR) is 76.9 cm³/mol. The summed E-state index contributed by atoms with van der Waals surface area (Å²) in [5.41, 5.74) is 2.49. The van der Waals surface area contributed by atoms with Gasteiger partial charge in [0.2, 0.25) is 0 Å². The van der Waals surface area contributed by atoms with Crippen LogP contribution in [0.4, 0.5) is 8.78 Å². The molecule has 0 amide bonds. The predicted octanol–water partition coefficient (Wildman–Crippen LogP) is 3.58. The lowest BCUT2D eigenvalue weighted by molar-refractivity contribution is 0.00842. The maximum absolute atomic E-state index is 14.1. The molecule has 1 fully saturated rings. The summed E-state index contributed by atoms with van der Waals surface area (Å²) in [6.45, 7) is 0.769. The lowest BCUT2D eigenvalue weighted by Crippen LogP contribution is -2.31. The molecule has 1 heterocycles. The first-order valence-corrected chi connectivity index (χ1v) is 7.64. The highest BCUT2D eigenvalue weighted by Gasteiger charge is 2.23. The van der Waals surface area contributed by atoms with E-state index in [2.05, 4.69) is 21.4 Å². The molecule has 2 unspecified atom stereocenters. The van der Waals surface area contributed by atoms with Crippen LogP contribution in [0.3, 0.4) is 0 Å². The van der Waals surface area contributed by atoms with Gasteiger partial charge in [0, 0.05) is 12.2 Å². The Hall–Kier alpha value is -0.560. The van der Waals surface area contributed by atoms with Crippen LogP contribution in [0, 0.1) is 11.6 Å². The summed E-state index contributed by atoms with van der Waals surface area (Å²) in [6, 6.07) is 2.04. The molecular weight excluding hydrogens is 330 g/mol. The van der Waals surface area contributed by atoms with E-state index in [0.717, 1.165) is 32.3 Å². The highest BCUT2D eigenvalue weighted by molar-refractivity contribution is 9.10. The molecule has 1 aromatic rings. The van der Waals surface area contributed by atoms with Crippen LogP contribution in [-0.4, -0.2) is 12.7 Å². The number of benzene rings is 1. The van der Waals surface area contributed by atoms with Crippen molar-refractivity contribution in [3.8, 4) is 0 Å². The maximum Gasteiger partial charge on any atom is 0.145 e. The quantitative estimate of drug-likeness (QED) is 0.485. The summed E-state index contributed by atoms with van der Waals surface area (Å²) in [4.78, 5) is 0. The Morgan fingerprint density at radius 2 is 2.20 bits per heavy atom. The molecule has 6 heteroatoms. The fourth-order valence-electron chi connectivity index (χ4n) is 2.56. The van der Waals surface area contributed by atoms with Gasteiger partial charge < -0.3 is 4.74 Å². The first-order valence-electron chi connectivity index (χ1n) is 6.84. The Balaban J connectivity index is 2.06. The van der Waals surface area contributed by atoms with Crippen molar-refractivity contribution >= 4 is 15.9 Å². The fraction of sp³-hybridized carbons (Fsp3) is 0.571. The van der Waals surface area contributed by atoms with Gasteiger partial charge in [0.25, 0.3) is 0 Å². The zero-order valence-corrected chi connectivity index (χ0v) is 12.8. The van der Waals surface area contributed by atoms with E-state index in [9.17, 15) is 8.78 Å². The van der Waals surface area contributed by atoms with E-state index < -0.39 is 17.7 Å². The molecule has 0 saturated carbocycles. The van der Waals surface area contributed by atoms with Gasteiger partial charge in [0.05, 0.1) is 16.6 Å². The number of halogens is 3. The van der Waals surface area contributed by atoms with Crippen molar-refractivity contribution in [2.45, 2.75) is 44.2 Å². The zero-order valence-electron chi connectivity index (χ0n) is 11.2. The van der Waals surface area contributed by atoms with Crippen molar-refractivity contribution in [1.29, 1.82) is 0 Å². The van der Waals surface area contributed by atoms with Gasteiger partial charge in [-0.25, -0.2) is 8.78 Å². The van der Waals surface area contributed by atoms with Crippen LogP contribution >= 0.6 is 15.9 Å². The van der Waals surface area contributed by atoms with Gasteiger partial charge in [-0.05, 0) is 60.2 Å². The van der Waals surface area contributed by atoms with Crippen LogP contribution in [0.1, 0.15) is 43.7 Å². The van der Waals surface area contributed by atoms with Gasteiger partial charge in [-0.2, -0.15) is 0 Å². The van der Waals surface area contributed by atoms with Gasteiger partial charge in [0.1, 0.15) is 11.6 Å². The van der Waals surface area contributed by atoms with Gasteiger partial charge in [0.15, 0.2) is 0 Å². The molecule has 1 saturated heterocycles. The summed E-state index contributed by atoms with van der Waals surface area (Å²) in [6.07, 6.45) is 4.67. The fourth-order valence-corrected chi connectivity index (χ4v) is 2.91. The number of nitrogens with two attached hydrogens (primary N) is 1. The van der Waals surface area contributed by atoms with Gasteiger partial charge >= 0.3 is 0 Å². The second-order valence-corrected chi connectivity index (χ2v) is 5.90. The van der Waals surface area contributed by atoms with Gasteiger partial charge in [-0.15, -0.1) is 0 Å². The molecule has 112 valence electrons. The molecule has 0 aliphatic carbocycles. The van der Waals surface area contributed by atoms with E-state index in [4.69, 9.17) is 10.6 Å². The number of hydrogen-bond donors (Lipinski definition) is 2. The molecular formula is C14H19BrF2N2O. The van der Waals surface area contributed by atoms with Gasteiger partial charge in [-0.1, -0.05) is 0 Å². The average molecular weight is 349 g/mol. The second-order valence-electron chi connectivity index (χ2n) is 5.04. The SMILES string of the molecule is NNC(CCC1CCCCO1)c1c(F)ccc(Br)c1F. The van der Waals surface area contributed by atoms with E-state index in [1.165, 1.54) is 12.1 Å². The molecule has 1 aliphatic rings. The van der Waals surface area contributed by atoms with E-state index in [1.807, 2.05) is 0 Å². The molecule has 0 bridgehead atoms. The van der Waals surface area contributed by atoms with E-state index in [1.54, 1.807) is 0 Å². The third-order valence-corrected chi connectivity index (χ3v) is 4.29. The summed E-state index contributed by atoms with van der Waals surface area (Å²) in [5.74, 6) is 4.28. The van der Waals surface area contributed by atoms with Crippen molar-refractivity contribution in [3.63, 3.8) is 0 Å². The Labute approximate surface area is 126 Å². The lowest BCUT2D eigenvalue weighted by atomic mass is 9.97. The number of ether oxygens (including phenoxy) is 1. The summed E-state index contributed by atoms with van der Waals surface area (Å²) >= 11 is 3.07. The molecule has 2 atom stereocenters. The molecule has 2 rings (SSSR count). The van der Waals surface area contributed by atoms with Crippen molar-refractivity contribution < 1.29 is 13.5 Å². The monoisotopic (exact) mass is 348 g/mol. The van der Waals surface area contributed by atoms with Crippen molar-refractivity contribution in [2.24, 2.45) is 5.84 Å². The Morgan fingerprint density at radius 3 is 2.85 bits per heavy atom. The molecule has 0 radical (unpaired) electrons. The Bertz CT molecular complexity index is 453. The maximum atomic E-state index is 14.1. The van der Waals surface area contributed by atoms with Crippen molar-refractivity contribution in [1.82, 2.24) is 5.43 Å². The highest BCUT2D eigenvalue weighted by Crippen LogP contribution is 2.30. The van der Waals surface area contributed by atoms with E-state index in [-0.39, 0.29) is 16.1 Å². The minimum atomic E-state index is -0.600. The van der Waals surface area contributed by atoms with E-state index in [0.29, 0.717) is 6.42 Å². The minimum absolute atomic E-state index is 0.0160. The van der Waals surface area contributed by atoms with Gasteiger partial charge in [-0.3, -0.25) is 11.3 Å². The van der Waals surface area contributed by atoms with Crippen LogP contribution < -0.4 is 11.3 Å². The molecule has 1 aromatic carbocycles. The van der Waals surface area contributed by atoms with Crippen LogP contribution in [0.25, 0.3) is 0 Å². The molecule has 0 spiro atoms. The normalized spacial score (nSPS) is 20.9. The molecule has 1 aliphatic heterocycles. The third-order valence-electron chi connectivity index (χ3n) is 3.68. The minimum Gasteiger partial charge on any atom is -0.378 e. The Morgan fingerprint density at radius 1 is 1.40 bits per heavy atom.